The molecule has 17 heavy (non-hydrogen) atoms. The van der Waals surface area contributed by atoms with Gasteiger partial charge in [0.25, 0.3) is 0 Å². The number of hydrogen-bond donors (Lipinski definition) is 1. The summed E-state index contributed by atoms with van der Waals surface area (Å²) >= 11 is 0. The van der Waals surface area contributed by atoms with E-state index in [1.165, 1.54) is 64.2 Å². The quantitative estimate of drug-likeness (QED) is 0.587. The van der Waals surface area contributed by atoms with Crippen molar-refractivity contribution in [3.63, 3.8) is 0 Å². The largest absolute Gasteiger partial charge is 0.390 e. The van der Waals surface area contributed by atoms with Gasteiger partial charge in [-0.25, -0.2) is 0 Å². The molecule has 1 fully saturated rings. The number of hydrogen-bond acceptors (Lipinski definition) is 1. The average Bonchev–Trinajstić information content (AvgIpc) is 2.34. The normalized spacial score (nSPS) is 21.4. The molecule has 0 aromatic carbocycles. The average molecular weight is 240 g/mol. The fourth-order valence-corrected chi connectivity index (χ4v) is 3.35. The van der Waals surface area contributed by atoms with Crippen molar-refractivity contribution in [3.05, 3.63) is 0 Å². The topological polar surface area (TPSA) is 20.2 Å². The highest BCUT2D eigenvalue weighted by Crippen LogP contribution is 2.39. The molecule has 0 radical (unpaired) electrons. The molecule has 1 rings (SSSR count). The lowest BCUT2D eigenvalue weighted by Crippen LogP contribution is -2.40. The van der Waals surface area contributed by atoms with Gasteiger partial charge in [-0.3, -0.25) is 0 Å². The first-order valence-corrected chi connectivity index (χ1v) is 7.95. The van der Waals surface area contributed by atoms with Gasteiger partial charge < -0.3 is 5.11 Å². The fourth-order valence-electron chi connectivity index (χ4n) is 3.35. The summed E-state index contributed by atoms with van der Waals surface area (Å²) in [5.74, 6) is 0.578. The molecular weight excluding hydrogens is 208 g/mol. The Bertz CT molecular complexity index is 182. The first-order valence-electron chi connectivity index (χ1n) is 7.95. The van der Waals surface area contributed by atoms with E-state index in [0.717, 1.165) is 12.8 Å². The van der Waals surface area contributed by atoms with Crippen LogP contribution in [0, 0.1) is 5.92 Å². The summed E-state index contributed by atoms with van der Waals surface area (Å²) < 4.78 is 0. The lowest BCUT2D eigenvalue weighted by atomic mass is 9.72. The minimum atomic E-state index is -0.304. The molecule has 0 bridgehead atoms. The molecule has 1 aliphatic carbocycles. The lowest BCUT2D eigenvalue weighted by Gasteiger charge is -2.39. The monoisotopic (exact) mass is 240 g/mol. The Labute approximate surface area is 108 Å². The van der Waals surface area contributed by atoms with E-state index in [1.807, 2.05) is 0 Å². The minimum absolute atomic E-state index is 0.304. The molecule has 1 aliphatic rings. The molecule has 0 amide bonds. The predicted molar refractivity (Wildman–Crippen MR) is 75.2 cm³/mol. The Balaban J connectivity index is 2.46. The van der Waals surface area contributed by atoms with Gasteiger partial charge in [0.15, 0.2) is 0 Å². The van der Waals surface area contributed by atoms with Gasteiger partial charge in [0, 0.05) is 0 Å². The van der Waals surface area contributed by atoms with Crippen LogP contribution in [-0.4, -0.2) is 10.7 Å². The lowest BCUT2D eigenvalue weighted by molar-refractivity contribution is -0.0563. The summed E-state index contributed by atoms with van der Waals surface area (Å²) in [5.41, 5.74) is -0.304. The second kappa shape index (κ2) is 8.13. The molecular formula is C16H32O. The second-order valence-electron chi connectivity index (χ2n) is 6.00. The van der Waals surface area contributed by atoms with Gasteiger partial charge in [-0.05, 0) is 31.6 Å². The van der Waals surface area contributed by atoms with E-state index >= 15 is 0 Å². The summed E-state index contributed by atoms with van der Waals surface area (Å²) in [5, 5.41) is 10.9. The zero-order chi connectivity index (χ0) is 12.6. The van der Waals surface area contributed by atoms with Crippen LogP contribution < -0.4 is 0 Å². The van der Waals surface area contributed by atoms with E-state index in [4.69, 9.17) is 0 Å². The van der Waals surface area contributed by atoms with Crippen molar-refractivity contribution >= 4 is 0 Å². The first kappa shape index (κ1) is 15.0. The molecule has 0 aromatic heterocycles. The SMILES string of the molecule is CCCCCC(CCCC)C1(O)CCCCC1. The molecule has 0 spiro atoms. The molecule has 102 valence electrons. The third-order valence-electron chi connectivity index (χ3n) is 4.54. The highest BCUT2D eigenvalue weighted by molar-refractivity contribution is 4.89. The van der Waals surface area contributed by atoms with Crippen LogP contribution in [-0.2, 0) is 0 Å². The van der Waals surface area contributed by atoms with Crippen LogP contribution >= 0.6 is 0 Å². The van der Waals surface area contributed by atoms with E-state index in [2.05, 4.69) is 13.8 Å². The minimum Gasteiger partial charge on any atom is -0.390 e. The van der Waals surface area contributed by atoms with Crippen molar-refractivity contribution in [1.82, 2.24) is 0 Å². The van der Waals surface area contributed by atoms with Crippen molar-refractivity contribution in [2.75, 3.05) is 0 Å². The van der Waals surface area contributed by atoms with Crippen LogP contribution in [0.5, 0.6) is 0 Å². The number of aliphatic hydroxyl groups is 1. The summed E-state index contributed by atoms with van der Waals surface area (Å²) in [6.45, 7) is 4.52. The molecule has 1 saturated carbocycles. The second-order valence-corrected chi connectivity index (χ2v) is 6.00. The van der Waals surface area contributed by atoms with Crippen molar-refractivity contribution in [2.24, 2.45) is 5.92 Å². The summed E-state index contributed by atoms with van der Waals surface area (Å²) in [6.07, 6.45) is 14.9. The van der Waals surface area contributed by atoms with Gasteiger partial charge >= 0.3 is 0 Å². The summed E-state index contributed by atoms with van der Waals surface area (Å²) in [7, 11) is 0. The van der Waals surface area contributed by atoms with Crippen LogP contribution in [0.1, 0.15) is 90.9 Å². The maximum absolute atomic E-state index is 10.9. The van der Waals surface area contributed by atoms with Crippen molar-refractivity contribution in [1.29, 1.82) is 0 Å². The van der Waals surface area contributed by atoms with Gasteiger partial charge in [-0.15, -0.1) is 0 Å². The van der Waals surface area contributed by atoms with Gasteiger partial charge in [0.05, 0.1) is 5.60 Å². The van der Waals surface area contributed by atoms with Crippen molar-refractivity contribution < 1.29 is 5.11 Å². The van der Waals surface area contributed by atoms with E-state index in [9.17, 15) is 5.11 Å². The number of rotatable bonds is 8. The number of unbranched alkanes of at least 4 members (excludes halogenated alkanes) is 3. The molecule has 1 N–H and O–H groups in total. The fraction of sp³-hybridized carbons (Fsp3) is 1.00. The molecule has 0 heterocycles. The van der Waals surface area contributed by atoms with Gasteiger partial charge in [-0.2, -0.15) is 0 Å². The third kappa shape index (κ3) is 4.99. The Morgan fingerprint density at radius 1 is 0.882 bits per heavy atom. The maximum atomic E-state index is 10.9. The van der Waals surface area contributed by atoms with Crippen LogP contribution in [0.25, 0.3) is 0 Å². The molecule has 1 nitrogen and oxygen atoms in total. The summed E-state index contributed by atoms with van der Waals surface area (Å²) in [6, 6.07) is 0. The van der Waals surface area contributed by atoms with Crippen molar-refractivity contribution in [3.8, 4) is 0 Å². The zero-order valence-corrected chi connectivity index (χ0v) is 12.0. The molecule has 1 atom stereocenters. The molecule has 0 aromatic rings. The Hall–Kier alpha value is -0.0400. The van der Waals surface area contributed by atoms with E-state index in [1.54, 1.807) is 0 Å². The Morgan fingerprint density at radius 2 is 1.47 bits per heavy atom. The van der Waals surface area contributed by atoms with Gasteiger partial charge in [0.1, 0.15) is 0 Å². The van der Waals surface area contributed by atoms with E-state index in [-0.39, 0.29) is 5.60 Å². The predicted octanol–water partition coefficient (Wildman–Crippen LogP) is 5.07. The van der Waals surface area contributed by atoms with Gasteiger partial charge in [-0.1, -0.05) is 65.2 Å². The smallest absolute Gasteiger partial charge is 0.0675 e. The molecule has 0 aliphatic heterocycles. The van der Waals surface area contributed by atoms with Crippen LogP contribution in [0.3, 0.4) is 0 Å². The highest BCUT2D eigenvalue weighted by atomic mass is 16.3. The standard InChI is InChI=1S/C16H32O/c1-3-5-8-12-15(11-6-4-2)16(17)13-9-7-10-14-16/h15,17H,3-14H2,1-2H3. The van der Waals surface area contributed by atoms with E-state index in [0.29, 0.717) is 5.92 Å². The highest BCUT2D eigenvalue weighted by Gasteiger charge is 2.36. The molecule has 1 unspecified atom stereocenters. The summed E-state index contributed by atoms with van der Waals surface area (Å²) in [4.78, 5) is 0. The first-order chi connectivity index (χ1) is 8.23. The van der Waals surface area contributed by atoms with Crippen molar-refractivity contribution in [2.45, 2.75) is 96.5 Å². The molecule has 0 saturated heterocycles. The van der Waals surface area contributed by atoms with Crippen LogP contribution in [0.2, 0.25) is 0 Å². The Morgan fingerprint density at radius 3 is 2.06 bits per heavy atom. The van der Waals surface area contributed by atoms with E-state index < -0.39 is 0 Å². The Kier molecular flexibility index (Phi) is 7.18. The zero-order valence-electron chi connectivity index (χ0n) is 12.0. The van der Waals surface area contributed by atoms with Gasteiger partial charge in [0.2, 0.25) is 0 Å². The maximum Gasteiger partial charge on any atom is 0.0675 e. The molecule has 1 heteroatoms. The van der Waals surface area contributed by atoms with Crippen LogP contribution in [0.4, 0.5) is 0 Å². The third-order valence-corrected chi connectivity index (χ3v) is 4.54. The van der Waals surface area contributed by atoms with Crippen LogP contribution in [0.15, 0.2) is 0 Å².